The summed E-state index contributed by atoms with van der Waals surface area (Å²) < 4.78 is 42.6. The van der Waals surface area contributed by atoms with E-state index in [0.717, 1.165) is 44.6 Å². The molecule has 3 heterocycles. The first-order valence-electron chi connectivity index (χ1n) is 10.3. The molecular formula is C21H31F3N2O5. The molecule has 0 saturated carbocycles. The van der Waals surface area contributed by atoms with E-state index in [1.807, 2.05) is 17.9 Å². The second-order valence-electron chi connectivity index (χ2n) is 8.61. The van der Waals surface area contributed by atoms with Crippen molar-refractivity contribution < 1.29 is 37.0 Å². The standard InChI is InChI=1S/C19H30N2O3.C2HF3O2/c1-14(2)21-13-19(11-16(21)12-23-4)6-8-20(9-7-19)18(22)17-15(3)5-10-24-17;3-2(4,5)1(6)7/h5,10,14,16H,6-9,11-13H2,1-4H3;(H,6,7). The Labute approximate surface area is 180 Å². The maximum absolute atomic E-state index is 12.6. The van der Waals surface area contributed by atoms with Crippen LogP contribution < -0.4 is 0 Å². The highest BCUT2D eigenvalue weighted by atomic mass is 19.4. The molecule has 31 heavy (non-hydrogen) atoms. The molecule has 1 unspecified atom stereocenters. The van der Waals surface area contributed by atoms with Gasteiger partial charge in [0.25, 0.3) is 5.91 Å². The summed E-state index contributed by atoms with van der Waals surface area (Å²) in [5, 5.41) is 7.12. The van der Waals surface area contributed by atoms with Crippen molar-refractivity contribution in [3.8, 4) is 0 Å². The number of aliphatic carboxylic acids is 1. The van der Waals surface area contributed by atoms with Crippen molar-refractivity contribution in [1.29, 1.82) is 0 Å². The third kappa shape index (κ3) is 6.22. The number of rotatable bonds is 4. The highest BCUT2D eigenvalue weighted by Crippen LogP contribution is 2.44. The molecule has 176 valence electrons. The summed E-state index contributed by atoms with van der Waals surface area (Å²) in [5.41, 5.74) is 1.26. The number of carboxylic acids is 1. The Hall–Kier alpha value is -2.07. The van der Waals surface area contributed by atoms with Crippen LogP contribution in [0.3, 0.4) is 0 Å². The number of nitrogens with zero attached hydrogens (tertiary/aromatic N) is 2. The van der Waals surface area contributed by atoms with Crippen LogP contribution in [-0.2, 0) is 9.53 Å². The summed E-state index contributed by atoms with van der Waals surface area (Å²) in [4.78, 5) is 26.1. The van der Waals surface area contributed by atoms with Crippen molar-refractivity contribution >= 4 is 11.9 Å². The quantitative estimate of drug-likeness (QED) is 0.758. The van der Waals surface area contributed by atoms with Gasteiger partial charge in [0, 0.05) is 44.4 Å². The molecule has 1 N–H and O–H groups in total. The number of hydrogen-bond donors (Lipinski definition) is 1. The van der Waals surface area contributed by atoms with Gasteiger partial charge in [-0.3, -0.25) is 9.69 Å². The number of alkyl halides is 3. The van der Waals surface area contributed by atoms with E-state index in [9.17, 15) is 18.0 Å². The van der Waals surface area contributed by atoms with Gasteiger partial charge in [-0.05, 0) is 51.5 Å². The summed E-state index contributed by atoms with van der Waals surface area (Å²) in [7, 11) is 1.79. The van der Waals surface area contributed by atoms with Crippen LogP contribution in [0.4, 0.5) is 13.2 Å². The molecule has 0 bridgehead atoms. The van der Waals surface area contributed by atoms with E-state index in [1.165, 1.54) is 6.42 Å². The largest absolute Gasteiger partial charge is 0.490 e. The number of amides is 1. The Morgan fingerprint density at radius 2 is 1.90 bits per heavy atom. The number of halogens is 3. The van der Waals surface area contributed by atoms with Crippen LogP contribution >= 0.6 is 0 Å². The van der Waals surface area contributed by atoms with Gasteiger partial charge in [0.05, 0.1) is 12.9 Å². The number of likely N-dealkylation sites (tertiary alicyclic amines) is 2. The Balaban J connectivity index is 0.000000423. The van der Waals surface area contributed by atoms with Gasteiger partial charge in [-0.25, -0.2) is 4.79 Å². The zero-order valence-corrected chi connectivity index (χ0v) is 18.4. The molecule has 10 heteroatoms. The lowest BCUT2D eigenvalue weighted by Crippen LogP contribution is -2.44. The van der Waals surface area contributed by atoms with E-state index in [4.69, 9.17) is 19.1 Å². The molecule has 2 aliphatic heterocycles. The number of hydrogen-bond acceptors (Lipinski definition) is 5. The van der Waals surface area contributed by atoms with Gasteiger partial charge in [-0.1, -0.05) is 0 Å². The van der Waals surface area contributed by atoms with Crippen molar-refractivity contribution in [2.24, 2.45) is 5.41 Å². The van der Waals surface area contributed by atoms with Crippen LogP contribution in [0.5, 0.6) is 0 Å². The molecular weight excluding hydrogens is 417 g/mol. The first-order chi connectivity index (χ1) is 14.4. The average molecular weight is 448 g/mol. The van der Waals surface area contributed by atoms with Crippen molar-refractivity contribution in [3.05, 3.63) is 23.7 Å². The number of carbonyl (C=O) groups is 2. The number of furan rings is 1. The summed E-state index contributed by atoms with van der Waals surface area (Å²) in [6, 6.07) is 2.89. The molecule has 1 atom stereocenters. The fourth-order valence-electron chi connectivity index (χ4n) is 4.43. The van der Waals surface area contributed by atoms with E-state index >= 15 is 0 Å². The molecule has 1 aromatic rings. The van der Waals surface area contributed by atoms with Crippen molar-refractivity contribution in [2.75, 3.05) is 33.4 Å². The minimum absolute atomic E-state index is 0.0412. The molecule has 2 saturated heterocycles. The number of aryl methyl sites for hydroxylation is 1. The number of carbonyl (C=O) groups excluding carboxylic acids is 1. The van der Waals surface area contributed by atoms with Crippen LogP contribution in [0, 0.1) is 12.3 Å². The molecule has 2 fully saturated rings. The number of piperidine rings is 1. The number of methoxy groups -OCH3 is 1. The maximum Gasteiger partial charge on any atom is 0.490 e. The van der Waals surface area contributed by atoms with Crippen LogP contribution in [0.2, 0.25) is 0 Å². The van der Waals surface area contributed by atoms with Gasteiger partial charge in [-0.15, -0.1) is 0 Å². The molecule has 2 aliphatic rings. The van der Waals surface area contributed by atoms with Crippen LogP contribution in [-0.4, -0.2) is 78.4 Å². The van der Waals surface area contributed by atoms with E-state index in [1.54, 1.807) is 13.4 Å². The van der Waals surface area contributed by atoms with Gasteiger partial charge < -0.3 is 19.2 Å². The number of carboxylic acid groups (broad SMARTS) is 1. The smallest absolute Gasteiger partial charge is 0.475 e. The lowest BCUT2D eigenvalue weighted by atomic mass is 9.76. The SMILES string of the molecule is COCC1CC2(CCN(C(=O)c3occc3C)CC2)CN1C(C)C.O=C(O)C(F)(F)F. The lowest BCUT2D eigenvalue weighted by Gasteiger charge is -2.39. The summed E-state index contributed by atoms with van der Waals surface area (Å²) in [6.45, 7) is 10.0. The molecule has 1 spiro atoms. The highest BCUT2D eigenvalue weighted by molar-refractivity contribution is 5.92. The Morgan fingerprint density at radius 1 is 1.32 bits per heavy atom. The predicted molar refractivity (Wildman–Crippen MR) is 107 cm³/mol. The van der Waals surface area contributed by atoms with E-state index in [0.29, 0.717) is 23.3 Å². The van der Waals surface area contributed by atoms with E-state index < -0.39 is 12.1 Å². The van der Waals surface area contributed by atoms with Gasteiger partial charge in [0.1, 0.15) is 0 Å². The number of ether oxygens (including phenoxy) is 1. The molecule has 3 rings (SSSR count). The monoisotopic (exact) mass is 448 g/mol. The molecule has 1 aromatic heterocycles. The van der Waals surface area contributed by atoms with E-state index in [-0.39, 0.29) is 5.91 Å². The zero-order chi connectivity index (χ0) is 23.4. The predicted octanol–water partition coefficient (Wildman–Crippen LogP) is 3.57. The Kier molecular flexibility index (Phi) is 8.15. The average Bonchev–Trinajstić information content (AvgIpc) is 3.26. The summed E-state index contributed by atoms with van der Waals surface area (Å²) in [6.07, 6.45) is -0.161. The normalized spacial score (nSPS) is 21.3. The first kappa shape index (κ1) is 25.2. The maximum atomic E-state index is 12.6. The highest BCUT2D eigenvalue weighted by Gasteiger charge is 2.46. The molecule has 0 aromatic carbocycles. The zero-order valence-electron chi connectivity index (χ0n) is 18.4. The van der Waals surface area contributed by atoms with Crippen LogP contribution in [0.1, 0.15) is 49.2 Å². The second kappa shape index (κ2) is 10.0. The lowest BCUT2D eigenvalue weighted by molar-refractivity contribution is -0.192. The minimum Gasteiger partial charge on any atom is -0.475 e. The summed E-state index contributed by atoms with van der Waals surface area (Å²) >= 11 is 0. The fourth-order valence-corrected chi connectivity index (χ4v) is 4.43. The molecule has 0 radical (unpaired) electrons. The van der Waals surface area contributed by atoms with E-state index in [2.05, 4.69) is 18.7 Å². The second-order valence-corrected chi connectivity index (χ2v) is 8.61. The fraction of sp³-hybridized carbons (Fsp3) is 0.714. The topological polar surface area (TPSA) is 83.2 Å². The van der Waals surface area contributed by atoms with Crippen molar-refractivity contribution in [1.82, 2.24) is 9.80 Å². The first-order valence-corrected chi connectivity index (χ1v) is 10.3. The molecule has 0 aliphatic carbocycles. The van der Waals surface area contributed by atoms with Gasteiger partial charge >= 0.3 is 12.1 Å². The van der Waals surface area contributed by atoms with Gasteiger partial charge in [0.15, 0.2) is 5.76 Å². The third-order valence-electron chi connectivity index (χ3n) is 6.09. The molecule has 7 nitrogen and oxygen atoms in total. The van der Waals surface area contributed by atoms with Crippen molar-refractivity contribution in [2.45, 2.75) is 58.3 Å². The third-order valence-corrected chi connectivity index (χ3v) is 6.09. The van der Waals surface area contributed by atoms with Crippen LogP contribution in [0.25, 0.3) is 0 Å². The Morgan fingerprint density at radius 3 is 2.32 bits per heavy atom. The van der Waals surface area contributed by atoms with Crippen molar-refractivity contribution in [3.63, 3.8) is 0 Å². The Bertz CT molecular complexity index is 754. The van der Waals surface area contributed by atoms with Crippen LogP contribution in [0.15, 0.2) is 16.7 Å². The molecule has 1 amide bonds. The summed E-state index contributed by atoms with van der Waals surface area (Å²) in [5.74, 6) is -2.22. The van der Waals surface area contributed by atoms with Gasteiger partial charge in [0.2, 0.25) is 0 Å². The van der Waals surface area contributed by atoms with Gasteiger partial charge in [-0.2, -0.15) is 13.2 Å². The minimum atomic E-state index is -5.08.